The van der Waals surface area contributed by atoms with Crippen LogP contribution in [0.3, 0.4) is 0 Å². The van der Waals surface area contributed by atoms with Crippen LogP contribution in [0.4, 0.5) is 0 Å². The molecule has 0 nitrogen and oxygen atoms in total. The molecule has 0 aliphatic heterocycles. The van der Waals surface area contributed by atoms with E-state index in [1.165, 1.54) is 49.7 Å². The Balaban J connectivity index is 1.36. The number of hydrogen-bond acceptors (Lipinski definition) is 0. The molecule has 4 atom stereocenters. The largest absolute Gasteiger partial charge is 0.103 e. The zero-order valence-electron chi connectivity index (χ0n) is 17.9. The molecule has 0 aromatic heterocycles. The second-order valence-corrected chi connectivity index (χ2v) is 9.34. The predicted molar refractivity (Wildman–Crippen MR) is 124 cm³/mol. The van der Waals surface area contributed by atoms with Crippen molar-refractivity contribution in [3.63, 3.8) is 0 Å². The highest BCUT2D eigenvalue weighted by Gasteiger charge is 2.34. The molecule has 2 fully saturated rings. The smallest absolute Gasteiger partial charge is 0.0249 e. The Morgan fingerprint density at radius 3 is 2.14 bits per heavy atom. The van der Waals surface area contributed by atoms with Gasteiger partial charge < -0.3 is 0 Å². The van der Waals surface area contributed by atoms with Gasteiger partial charge in [0.2, 0.25) is 0 Å². The molecule has 150 valence electrons. The molecule has 0 heterocycles. The van der Waals surface area contributed by atoms with Crippen molar-refractivity contribution < 1.29 is 0 Å². The standard InChI is InChI=1S/C29H34/c1-3-4-5-23-7-9-24(10-8-23)11-12-25-13-16-26(17-14-25)28-19-18-27-20-22(2)6-15-29(27)21-28/h3,7-10,13-14,16-17,22,27-29H,1,4-6,15,18-21H2,2H3/t22?,27-,28-,29-/m1/s1. The van der Waals surface area contributed by atoms with E-state index in [0.29, 0.717) is 0 Å². The molecule has 1 unspecified atom stereocenters. The average molecular weight is 383 g/mol. The molecule has 0 radical (unpaired) electrons. The highest BCUT2D eigenvalue weighted by Crippen LogP contribution is 2.47. The van der Waals surface area contributed by atoms with Crippen LogP contribution in [0.2, 0.25) is 0 Å². The van der Waals surface area contributed by atoms with Crippen molar-refractivity contribution in [2.45, 2.75) is 64.2 Å². The second kappa shape index (κ2) is 9.49. The van der Waals surface area contributed by atoms with Gasteiger partial charge in [0.1, 0.15) is 0 Å². The number of hydrogen-bond donors (Lipinski definition) is 0. The third kappa shape index (κ3) is 5.22. The van der Waals surface area contributed by atoms with E-state index >= 15 is 0 Å². The zero-order valence-corrected chi connectivity index (χ0v) is 17.9. The van der Waals surface area contributed by atoms with Crippen molar-refractivity contribution in [2.75, 3.05) is 0 Å². The molecule has 0 N–H and O–H groups in total. The zero-order chi connectivity index (χ0) is 20.1. The van der Waals surface area contributed by atoms with E-state index in [4.69, 9.17) is 0 Å². The molecule has 4 rings (SSSR count). The van der Waals surface area contributed by atoms with Gasteiger partial charge in [0.15, 0.2) is 0 Å². The number of rotatable bonds is 4. The minimum atomic E-state index is 0.759. The first-order valence-electron chi connectivity index (χ1n) is 11.5. The van der Waals surface area contributed by atoms with Crippen LogP contribution in [0, 0.1) is 29.6 Å². The molecular formula is C29H34. The van der Waals surface area contributed by atoms with Crippen molar-refractivity contribution in [1.82, 2.24) is 0 Å². The van der Waals surface area contributed by atoms with Crippen molar-refractivity contribution in [2.24, 2.45) is 17.8 Å². The molecule has 2 saturated carbocycles. The van der Waals surface area contributed by atoms with Crippen LogP contribution in [0.1, 0.15) is 80.0 Å². The fourth-order valence-corrected chi connectivity index (χ4v) is 5.43. The second-order valence-electron chi connectivity index (χ2n) is 9.34. The summed E-state index contributed by atoms with van der Waals surface area (Å²) >= 11 is 0. The fraction of sp³-hybridized carbons (Fsp3) is 0.448. The lowest BCUT2D eigenvalue weighted by Crippen LogP contribution is -2.29. The summed E-state index contributed by atoms with van der Waals surface area (Å²) in [6.45, 7) is 6.23. The van der Waals surface area contributed by atoms with Crippen LogP contribution >= 0.6 is 0 Å². The number of allylic oxidation sites excluding steroid dienone is 1. The molecule has 2 aromatic rings. The first-order valence-corrected chi connectivity index (χ1v) is 11.5. The Hall–Kier alpha value is -2.26. The van der Waals surface area contributed by atoms with Gasteiger partial charge in [-0.05, 0) is 104 Å². The highest BCUT2D eigenvalue weighted by molar-refractivity contribution is 5.44. The number of benzene rings is 2. The summed E-state index contributed by atoms with van der Waals surface area (Å²) in [7, 11) is 0. The lowest BCUT2D eigenvalue weighted by atomic mass is 9.64. The first-order chi connectivity index (χ1) is 14.2. The van der Waals surface area contributed by atoms with Crippen LogP contribution in [0.15, 0.2) is 61.2 Å². The van der Waals surface area contributed by atoms with E-state index in [-0.39, 0.29) is 0 Å². The van der Waals surface area contributed by atoms with Crippen molar-refractivity contribution in [1.29, 1.82) is 0 Å². The van der Waals surface area contributed by atoms with Crippen molar-refractivity contribution in [3.8, 4) is 11.8 Å². The van der Waals surface area contributed by atoms with Crippen LogP contribution in [0.25, 0.3) is 0 Å². The quantitative estimate of drug-likeness (QED) is 0.379. The van der Waals surface area contributed by atoms with E-state index in [0.717, 1.165) is 47.6 Å². The summed E-state index contributed by atoms with van der Waals surface area (Å²) in [6.07, 6.45) is 12.6. The van der Waals surface area contributed by atoms with Gasteiger partial charge in [-0.3, -0.25) is 0 Å². The van der Waals surface area contributed by atoms with Crippen molar-refractivity contribution >= 4 is 0 Å². The molecule has 0 amide bonds. The van der Waals surface area contributed by atoms with Gasteiger partial charge in [-0.1, -0.05) is 55.5 Å². The number of fused-ring (bicyclic) bond motifs is 1. The lowest BCUT2D eigenvalue weighted by Gasteiger charge is -2.41. The van der Waals surface area contributed by atoms with Gasteiger partial charge in [-0.25, -0.2) is 0 Å². The Labute approximate surface area is 177 Å². The molecule has 2 aromatic carbocycles. The van der Waals surface area contributed by atoms with Gasteiger partial charge in [0, 0.05) is 11.1 Å². The Morgan fingerprint density at radius 1 is 0.828 bits per heavy atom. The molecule has 0 saturated heterocycles. The third-order valence-corrected chi connectivity index (χ3v) is 7.20. The maximum absolute atomic E-state index is 3.79. The predicted octanol–water partition coefficient (Wildman–Crippen LogP) is 7.52. The van der Waals surface area contributed by atoms with Gasteiger partial charge in [-0.15, -0.1) is 6.58 Å². The molecule has 29 heavy (non-hydrogen) atoms. The molecule has 2 aliphatic rings. The first kappa shape index (κ1) is 20.0. The summed E-state index contributed by atoms with van der Waals surface area (Å²) in [4.78, 5) is 0. The minimum absolute atomic E-state index is 0.759. The molecule has 0 heteroatoms. The summed E-state index contributed by atoms with van der Waals surface area (Å²) in [5.41, 5.74) is 5.08. The highest BCUT2D eigenvalue weighted by atomic mass is 14.4. The summed E-state index contributed by atoms with van der Waals surface area (Å²) in [6, 6.07) is 17.7. The van der Waals surface area contributed by atoms with Gasteiger partial charge in [-0.2, -0.15) is 0 Å². The van der Waals surface area contributed by atoms with Gasteiger partial charge in [0.25, 0.3) is 0 Å². The van der Waals surface area contributed by atoms with Gasteiger partial charge in [0.05, 0.1) is 0 Å². The Morgan fingerprint density at radius 2 is 1.45 bits per heavy atom. The van der Waals surface area contributed by atoms with Crippen molar-refractivity contribution in [3.05, 3.63) is 83.4 Å². The maximum atomic E-state index is 3.79. The SMILES string of the molecule is C=CCCc1ccc(C#Cc2ccc([C@@H]3CC[C@@H]4CC(C)CC[C@@H]4C3)cc2)cc1. The maximum Gasteiger partial charge on any atom is 0.0249 e. The molecule has 0 bridgehead atoms. The monoisotopic (exact) mass is 382 g/mol. The fourth-order valence-electron chi connectivity index (χ4n) is 5.43. The molecule has 2 aliphatic carbocycles. The molecule has 0 spiro atoms. The van der Waals surface area contributed by atoms with E-state index in [1.807, 2.05) is 6.08 Å². The van der Waals surface area contributed by atoms with Gasteiger partial charge >= 0.3 is 0 Å². The Kier molecular flexibility index (Phi) is 6.56. The van der Waals surface area contributed by atoms with Crippen LogP contribution in [-0.4, -0.2) is 0 Å². The average Bonchev–Trinajstić information content (AvgIpc) is 2.77. The van der Waals surface area contributed by atoms with E-state index in [9.17, 15) is 0 Å². The summed E-state index contributed by atoms with van der Waals surface area (Å²) < 4.78 is 0. The van der Waals surface area contributed by atoms with E-state index in [2.05, 4.69) is 73.9 Å². The molecular weight excluding hydrogens is 348 g/mol. The van der Waals surface area contributed by atoms with Crippen LogP contribution in [0.5, 0.6) is 0 Å². The lowest BCUT2D eigenvalue weighted by molar-refractivity contribution is 0.124. The van der Waals surface area contributed by atoms with E-state index < -0.39 is 0 Å². The van der Waals surface area contributed by atoms with Crippen LogP contribution in [-0.2, 0) is 6.42 Å². The third-order valence-electron chi connectivity index (χ3n) is 7.20. The number of aryl methyl sites for hydroxylation is 1. The van der Waals surface area contributed by atoms with Crippen LogP contribution < -0.4 is 0 Å². The summed E-state index contributed by atoms with van der Waals surface area (Å²) in [5.74, 6) is 10.3. The Bertz CT molecular complexity index is 859. The summed E-state index contributed by atoms with van der Waals surface area (Å²) in [5, 5.41) is 0. The minimum Gasteiger partial charge on any atom is -0.103 e. The van der Waals surface area contributed by atoms with E-state index in [1.54, 1.807) is 0 Å². The normalized spacial score (nSPS) is 26.1. The topological polar surface area (TPSA) is 0 Å².